The van der Waals surface area contributed by atoms with Crippen LogP contribution in [0, 0.1) is 40.4 Å². The van der Waals surface area contributed by atoms with Crippen molar-refractivity contribution in [3.63, 3.8) is 0 Å². The molecule has 0 spiro atoms. The summed E-state index contributed by atoms with van der Waals surface area (Å²) in [6.45, 7) is 7.86. The minimum absolute atomic E-state index is 0.0492. The molecule has 5 aliphatic rings. The van der Waals surface area contributed by atoms with Gasteiger partial charge < -0.3 is 14.2 Å². The molecule has 4 nitrogen and oxygen atoms in total. The molecule has 0 N–H and O–H groups in total. The maximum absolute atomic E-state index is 11.6. The van der Waals surface area contributed by atoms with Gasteiger partial charge in [-0.25, -0.2) is 0 Å². The Morgan fingerprint density at radius 1 is 1.12 bits per heavy atom. The lowest BCUT2D eigenvalue weighted by atomic mass is 9.47. The number of carbonyl (C=O) groups is 1. The van der Waals surface area contributed by atoms with Gasteiger partial charge in [0.15, 0.2) is 0 Å². The Kier molecular flexibility index (Phi) is 6.48. The molecule has 4 fully saturated rings. The number of hydrogen-bond donors (Lipinski definition) is 0. The molecule has 4 heteroatoms. The van der Waals surface area contributed by atoms with Gasteiger partial charge in [0, 0.05) is 12.3 Å². The first-order chi connectivity index (χ1) is 15.4. The molecule has 1 heterocycles. The van der Waals surface area contributed by atoms with Crippen LogP contribution in [-0.4, -0.2) is 39.0 Å². The predicted octanol–water partition coefficient (Wildman–Crippen LogP) is 5.94. The van der Waals surface area contributed by atoms with Crippen LogP contribution in [0.25, 0.3) is 0 Å². The molecule has 7 atom stereocenters. The van der Waals surface area contributed by atoms with Crippen molar-refractivity contribution in [3.8, 4) is 0 Å². The summed E-state index contributed by atoms with van der Waals surface area (Å²) < 4.78 is 16.5. The standard InChI is InChI=1S/C28H44O4/c1-27-14-12-25-23(24(27)10-8-20(27)5-4-6-26(29)30-3)9-7-21-15-22(11-13-28(21,25)2)32-18-19-16-31-17-19/h7,19-20,22-25H,4-6,8-18H2,1-3H3. The Morgan fingerprint density at radius 2 is 1.97 bits per heavy atom. The highest BCUT2D eigenvalue weighted by molar-refractivity contribution is 5.68. The molecule has 1 aliphatic heterocycles. The lowest BCUT2D eigenvalue weighted by molar-refractivity contribution is -0.140. The van der Waals surface area contributed by atoms with E-state index in [1.165, 1.54) is 58.5 Å². The fourth-order valence-electron chi connectivity index (χ4n) is 8.60. The molecule has 0 radical (unpaired) electrons. The summed E-state index contributed by atoms with van der Waals surface area (Å²) in [5, 5.41) is 0. The Morgan fingerprint density at radius 3 is 2.72 bits per heavy atom. The van der Waals surface area contributed by atoms with Gasteiger partial charge in [-0.05, 0) is 98.7 Å². The van der Waals surface area contributed by atoms with Crippen molar-refractivity contribution in [2.45, 2.75) is 90.6 Å². The van der Waals surface area contributed by atoms with E-state index in [0.29, 0.717) is 29.3 Å². The molecular weight excluding hydrogens is 400 g/mol. The minimum atomic E-state index is -0.0492. The van der Waals surface area contributed by atoms with E-state index in [0.717, 1.165) is 56.3 Å². The van der Waals surface area contributed by atoms with Crippen LogP contribution in [0.2, 0.25) is 0 Å². The Labute approximate surface area is 194 Å². The third kappa shape index (κ3) is 3.98. The Hall–Kier alpha value is -0.870. The van der Waals surface area contributed by atoms with E-state index < -0.39 is 0 Å². The maximum atomic E-state index is 11.6. The normalized spacial score (nSPS) is 43.5. The fraction of sp³-hybridized carbons (Fsp3) is 0.893. The summed E-state index contributed by atoms with van der Waals surface area (Å²) in [5.41, 5.74) is 2.59. The van der Waals surface area contributed by atoms with Crippen molar-refractivity contribution in [1.82, 2.24) is 0 Å². The van der Waals surface area contributed by atoms with Crippen molar-refractivity contribution >= 4 is 5.97 Å². The smallest absolute Gasteiger partial charge is 0.305 e. The molecule has 3 saturated carbocycles. The van der Waals surface area contributed by atoms with Gasteiger partial charge in [0.1, 0.15) is 0 Å². The first-order valence-corrected chi connectivity index (χ1v) is 13.4. The van der Waals surface area contributed by atoms with Crippen LogP contribution in [0.1, 0.15) is 84.5 Å². The number of hydrogen-bond acceptors (Lipinski definition) is 4. The summed E-state index contributed by atoms with van der Waals surface area (Å²) in [4.78, 5) is 11.6. The molecule has 0 aromatic heterocycles. The first-order valence-electron chi connectivity index (χ1n) is 13.4. The third-order valence-electron chi connectivity index (χ3n) is 10.7. The summed E-state index contributed by atoms with van der Waals surface area (Å²) in [7, 11) is 1.50. The maximum Gasteiger partial charge on any atom is 0.305 e. The molecule has 7 unspecified atom stereocenters. The third-order valence-corrected chi connectivity index (χ3v) is 10.7. The fourth-order valence-corrected chi connectivity index (χ4v) is 8.60. The van der Waals surface area contributed by atoms with E-state index in [1.54, 1.807) is 5.57 Å². The van der Waals surface area contributed by atoms with Gasteiger partial charge in [-0.3, -0.25) is 4.79 Å². The second kappa shape index (κ2) is 9.06. The number of allylic oxidation sites excluding steroid dienone is 1. The van der Waals surface area contributed by atoms with Crippen LogP contribution in [0.15, 0.2) is 11.6 Å². The quantitative estimate of drug-likeness (QED) is 0.360. The predicted molar refractivity (Wildman–Crippen MR) is 125 cm³/mol. The van der Waals surface area contributed by atoms with Crippen LogP contribution in [-0.2, 0) is 19.0 Å². The van der Waals surface area contributed by atoms with Crippen molar-refractivity contribution < 1.29 is 19.0 Å². The lowest BCUT2D eigenvalue weighted by Crippen LogP contribution is -2.50. The zero-order chi connectivity index (χ0) is 22.3. The minimum Gasteiger partial charge on any atom is -0.469 e. The number of fused-ring (bicyclic) bond motifs is 5. The Balaban J connectivity index is 1.23. The SMILES string of the molecule is COC(=O)CCCC1CCC2C3CC=C4CC(OCC5COC5)CCC4(C)C3CCC12C. The van der Waals surface area contributed by atoms with Crippen LogP contribution < -0.4 is 0 Å². The van der Waals surface area contributed by atoms with E-state index >= 15 is 0 Å². The number of carbonyl (C=O) groups excluding carboxylic acids is 1. The molecule has 0 aromatic carbocycles. The van der Waals surface area contributed by atoms with Gasteiger partial charge in [-0.1, -0.05) is 25.5 Å². The summed E-state index contributed by atoms with van der Waals surface area (Å²) >= 11 is 0. The number of rotatable bonds is 7. The van der Waals surface area contributed by atoms with Gasteiger partial charge in [-0.15, -0.1) is 0 Å². The highest BCUT2D eigenvalue weighted by Crippen LogP contribution is 2.66. The topological polar surface area (TPSA) is 44.8 Å². The average molecular weight is 445 g/mol. The summed E-state index contributed by atoms with van der Waals surface area (Å²) in [6, 6.07) is 0. The van der Waals surface area contributed by atoms with Crippen LogP contribution in [0.4, 0.5) is 0 Å². The second-order valence-electron chi connectivity index (χ2n) is 12.1. The van der Waals surface area contributed by atoms with E-state index in [1.807, 2.05) is 0 Å². The molecule has 0 aromatic rings. The van der Waals surface area contributed by atoms with Gasteiger partial charge in [0.05, 0.1) is 33.0 Å². The van der Waals surface area contributed by atoms with E-state index in [-0.39, 0.29) is 5.97 Å². The molecule has 4 aliphatic carbocycles. The monoisotopic (exact) mass is 444 g/mol. The van der Waals surface area contributed by atoms with Gasteiger partial charge in [0.25, 0.3) is 0 Å². The molecular formula is C28H44O4. The molecule has 180 valence electrons. The molecule has 32 heavy (non-hydrogen) atoms. The first kappa shape index (κ1) is 22.9. The van der Waals surface area contributed by atoms with Crippen LogP contribution in [0.5, 0.6) is 0 Å². The molecule has 0 bridgehead atoms. The van der Waals surface area contributed by atoms with Crippen molar-refractivity contribution in [2.75, 3.05) is 26.9 Å². The molecule has 5 rings (SSSR count). The van der Waals surface area contributed by atoms with E-state index in [4.69, 9.17) is 14.2 Å². The van der Waals surface area contributed by atoms with Crippen molar-refractivity contribution in [1.29, 1.82) is 0 Å². The van der Waals surface area contributed by atoms with Gasteiger partial charge >= 0.3 is 5.97 Å². The van der Waals surface area contributed by atoms with Gasteiger partial charge in [-0.2, -0.15) is 0 Å². The highest BCUT2D eigenvalue weighted by atomic mass is 16.5. The second-order valence-corrected chi connectivity index (χ2v) is 12.1. The van der Waals surface area contributed by atoms with Crippen molar-refractivity contribution in [3.05, 3.63) is 11.6 Å². The van der Waals surface area contributed by atoms with Crippen LogP contribution in [0.3, 0.4) is 0 Å². The lowest BCUT2D eigenvalue weighted by Gasteiger charge is -2.58. The largest absolute Gasteiger partial charge is 0.469 e. The van der Waals surface area contributed by atoms with Gasteiger partial charge in [0.2, 0.25) is 0 Å². The summed E-state index contributed by atoms with van der Waals surface area (Å²) in [6.07, 6.45) is 16.4. The van der Waals surface area contributed by atoms with Crippen LogP contribution >= 0.6 is 0 Å². The van der Waals surface area contributed by atoms with E-state index in [9.17, 15) is 4.79 Å². The zero-order valence-electron chi connectivity index (χ0n) is 20.6. The highest BCUT2D eigenvalue weighted by Gasteiger charge is 2.58. The number of ether oxygens (including phenoxy) is 3. The van der Waals surface area contributed by atoms with E-state index in [2.05, 4.69) is 19.9 Å². The Bertz CT molecular complexity index is 727. The number of esters is 1. The van der Waals surface area contributed by atoms with Crippen molar-refractivity contribution in [2.24, 2.45) is 40.4 Å². The molecule has 0 amide bonds. The number of methoxy groups -OCH3 is 1. The molecule has 1 saturated heterocycles. The average Bonchev–Trinajstić information content (AvgIpc) is 3.09. The summed E-state index contributed by atoms with van der Waals surface area (Å²) in [5.74, 6) is 3.95. The zero-order valence-corrected chi connectivity index (χ0v) is 20.6.